The van der Waals surface area contributed by atoms with Crippen LogP contribution in [0.15, 0.2) is 121 Å². The zero-order valence-corrected chi connectivity index (χ0v) is 40.7. The van der Waals surface area contributed by atoms with Gasteiger partial charge in [-0.3, -0.25) is 4.68 Å². The van der Waals surface area contributed by atoms with E-state index in [4.69, 9.17) is 10.6 Å². The fraction of sp³-hybridized carbons (Fsp3) is 0.389. The predicted octanol–water partition coefficient (Wildman–Crippen LogP) is 14.6. The molecule has 0 spiro atoms. The molecule has 6 aromatic rings. The number of amides is 1. The van der Waals surface area contributed by atoms with Crippen LogP contribution in [0.3, 0.4) is 0 Å². The Labute approximate surface area is 368 Å². The Hall–Kier alpha value is -5.27. The molecule has 7 heteroatoms. The SMILES string of the molecule is CC(C)(C)c1ccc(-c2ccc(-c3ccc(C(C)(C)C)cc3)n2N)cc1.CC(C)(C)c1ccc(-c2ccc(-c3ccc(C(C)(C)C)cc3)n2NC(=O)OCC[Si](C)(C)C)cc1. The van der Waals surface area contributed by atoms with Crippen LogP contribution in [-0.2, 0) is 26.4 Å². The Bertz CT molecular complexity index is 2220. The molecule has 0 saturated heterocycles. The maximum atomic E-state index is 12.8. The fourth-order valence-corrected chi connectivity index (χ4v) is 7.78. The largest absolute Gasteiger partial charge is 0.449 e. The molecule has 3 N–H and O–H groups in total. The van der Waals surface area contributed by atoms with Crippen LogP contribution in [-0.4, -0.2) is 30.1 Å². The van der Waals surface area contributed by atoms with Gasteiger partial charge in [-0.05, 0) is 74.2 Å². The summed E-state index contributed by atoms with van der Waals surface area (Å²) in [6.45, 7) is 33.9. The Kier molecular flexibility index (Phi) is 13.8. The van der Waals surface area contributed by atoms with E-state index >= 15 is 0 Å². The average molecular weight is 837 g/mol. The highest BCUT2D eigenvalue weighted by molar-refractivity contribution is 6.76. The van der Waals surface area contributed by atoms with Gasteiger partial charge in [0.1, 0.15) is 0 Å². The number of hydrogen-bond acceptors (Lipinski definition) is 3. The Balaban J connectivity index is 0.000000241. The lowest BCUT2D eigenvalue weighted by atomic mass is 9.86. The molecule has 0 unspecified atom stereocenters. The molecule has 0 aliphatic carbocycles. The number of rotatable bonds is 8. The third-order valence-corrected chi connectivity index (χ3v) is 13.0. The molecular formula is C54H72N4O2Si. The second kappa shape index (κ2) is 18.0. The van der Waals surface area contributed by atoms with E-state index in [1.54, 1.807) is 4.68 Å². The summed E-state index contributed by atoms with van der Waals surface area (Å²) in [5.41, 5.74) is 16.9. The van der Waals surface area contributed by atoms with Gasteiger partial charge in [-0.1, -0.05) is 200 Å². The molecule has 4 aromatic carbocycles. The van der Waals surface area contributed by atoms with Crippen molar-refractivity contribution in [3.8, 4) is 45.0 Å². The average Bonchev–Trinajstić information content (AvgIpc) is 3.76. The van der Waals surface area contributed by atoms with Gasteiger partial charge >= 0.3 is 6.09 Å². The van der Waals surface area contributed by atoms with Crippen LogP contribution >= 0.6 is 0 Å². The summed E-state index contributed by atoms with van der Waals surface area (Å²) in [5.74, 6) is 6.43. The highest BCUT2D eigenvalue weighted by atomic mass is 28.3. The number of carbonyl (C=O) groups is 1. The summed E-state index contributed by atoms with van der Waals surface area (Å²) >= 11 is 0. The van der Waals surface area contributed by atoms with E-state index in [9.17, 15) is 4.79 Å². The number of carbonyl (C=O) groups excluding carboxylic acids is 1. The molecule has 1 amide bonds. The molecule has 0 aliphatic rings. The lowest BCUT2D eigenvalue weighted by molar-refractivity contribution is 0.164. The van der Waals surface area contributed by atoms with Crippen molar-refractivity contribution in [3.05, 3.63) is 144 Å². The summed E-state index contributed by atoms with van der Waals surface area (Å²) in [7, 11) is -1.28. The third kappa shape index (κ3) is 12.2. The molecule has 2 aromatic heterocycles. The number of hydrogen-bond donors (Lipinski definition) is 2. The number of nitrogen functional groups attached to an aromatic ring is 1. The first-order valence-corrected chi connectivity index (χ1v) is 25.5. The summed E-state index contributed by atoms with van der Waals surface area (Å²) < 4.78 is 9.21. The second-order valence-electron chi connectivity index (χ2n) is 21.8. The van der Waals surface area contributed by atoms with Crippen molar-refractivity contribution in [3.63, 3.8) is 0 Å². The molecule has 6 nitrogen and oxygen atoms in total. The molecular weight excluding hydrogens is 765 g/mol. The molecule has 0 fully saturated rings. The minimum atomic E-state index is -1.28. The number of aromatic nitrogens is 2. The van der Waals surface area contributed by atoms with Crippen molar-refractivity contribution in [2.45, 2.75) is 130 Å². The van der Waals surface area contributed by atoms with Crippen molar-refractivity contribution >= 4 is 14.2 Å². The van der Waals surface area contributed by atoms with Gasteiger partial charge in [-0.25, -0.2) is 14.9 Å². The van der Waals surface area contributed by atoms with Crippen molar-refractivity contribution in [1.82, 2.24) is 9.35 Å². The van der Waals surface area contributed by atoms with Crippen molar-refractivity contribution in [2.24, 2.45) is 0 Å². The first-order valence-electron chi connectivity index (χ1n) is 21.8. The minimum absolute atomic E-state index is 0.0823. The Morgan fingerprint density at radius 1 is 0.475 bits per heavy atom. The van der Waals surface area contributed by atoms with Gasteiger partial charge < -0.3 is 10.6 Å². The van der Waals surface area contributed by atoms with E-state index in [1.807, 2.05) is 4.68 Å². The fourth-order valence-electron chi connectivity index (χ4n) is 7.06. The van der Waals surface area contributed by atoms with Crippen LogP contribution in [0.1, 0.15) is 105 Å². The molecule has 61 heavy (non-hydrogen) atoms. The maximum Gasteiger partial charge on any atom is 0.426 e. The second-order valence-corrected chi connectivity index (χ2v) is 27.4. The van der Waals surface area contributed by atoms with Crippen LogP contribution < -0.4 is 11.3 Å². The van der Waals surface area contributed by atoms with E-state index < -0.39 is 14.2 Å². The van der Waals surface area contributed by atoms with Gasteiger partial charge in [-0.2, -0.15) is 0 Å². The van der Waals surface area contributed by atoms with Crippen molar-refractivity contribution < 1.29 is 9.53 Å². The molecule has 324 valence electrons. The first kappa shape index (κ1) is 46.8. The van der Waals surface area contributed by atoms with Gasteiger partial charge in [-0.15, -0.1) is 0 Å². The monoisotopic (exact) mass is 837 g/mol. The smallest absolute Gasteiger partial charge is 0.426 e. The maximum absolute atomic E-state index is 12.8. The van der Waals surface area contributed by atoms with Crippen LogP contribution in [0, 0.1) is 0 Å². The van der Waals surface area contributed by atoms with Gasteiger partial charge in [0.05, 0.1) is 29.4 Å². The molecule has 0 atom stereocenters. The van der Waals surface area contributed by atoms with Gasteiger partial charge in [0.15, 0.2) is 0 Å². The van der Waals surface area contributed by atoms with Crippen LogP contribution in [0.4, 0.5) is 4.79 Å². The molecule has 0 bridgehead atoms. The first-order chi connectivity index (χ1) is 28.2. The number of nitrogens with one attached hydrogen (secondary N) is 1. The van der Waals surface area contributed by atoms with Gasteiger partial charge in [0.25, 0.3) is 0 Å². The van der Waals surface area contributed by atoms with Crippen LogP contribution in [0.2, 0.25) is 25.7 Å². The molecule has 6 rings (SSSR count). The number of nitrogens with zero attached hydrogens (tertiary/aromatic N) is 2. The Morgan fingerprint density at radius 3 is 1.00 bits per heavy atom. The lowest BCUT2D eigenvalue weighted by Crippen LogP contribution is -2.28. The van der Waals surface area contributed by atoms with Gasteiger partial charge in [0.2, 0.25) is 0 Å². The number of nitrogens with two attached hydrogens (primary N) is 1. The van der Waals surface area contributed by atoms with Crippen molar-refractivity contribution in [1.29, 1.82) is 0 Å². The lowest BCUT2D eigenvalue weighted by Gasteiger charge is -2.21. The third-order valence-electron chi connectivity index (χ3n) is 11.3. The Morgan fingerprint density at radius 2 is 0.738 bits per heavy atom. The van der Waals surface area contributed by atoms with E-state index in [-0.39, 0.29) is 21.7 Å². The quantitative estimate of drug-likeness (QED) is 0.118. The van der Waals surface area contributed by atoms with E-state index in [0.717, 1.165) is 51.1 Å². The normalized spacial score (nSPS) is 12.4. The standard InChI is InChI=1S/C30H42N2O2Si.C24H30N2/c1-29(2,3)24-14-10-22(11-15-24)26-18-19-27(23-12-16-25(17-13-23)30(4,5)6)32(26)31-28(33)34-20-21-35(7,8)9;1-23(2,3)19-11-7-17(8-12-19)21-15-16-22(26(21)25)18-9-13-20(14-10-18)24(4,5)6/h10-19H,20-21H2,1-9H3,(H,31,33);7-16H,25H2,1-6H3. The molecule has 0 radical (unpaired) electrons. The predicted molar refractivity (Wildman–Crippen MR) is 264 cm³/mol. The molecule has 0 saturated carbocycles. The van der Waals surface area contributed by atoms with Gasteiger partial charge in [0, 0.05) is 30.3 Å². The summed E-state index contributed by atoms with van der Waals surface area (Å²) in [4.78, 5) is 12.8. The van der Waals surface area contributed by atoms with E-state index in [0.29, 0.717) is 6.61 Å². The minimum Gasteiger partial charge on any atom is -0.449 e. The number of benzene rings is 4. The zero-order valence-electron chi connectivity index (χ0n) is 39.7. The van der Waals surface area contributed by atoms with Crippen LogP contribution in [0.5, 0.6) is 0 Å². The van der Waals surface area contributed by atoms with E-state index in [1.165, 1.54) is 22.3 Å². The van der Waals surface area contributed by atoms with E-state index in [2.05, 4.69) is 229 Å². The topological polar surface area (TPSA) is 74.2 Å². The highest BCUT2D eigenvalue weighted by Gasteiger charge is 2.21. The van der Waals surface area contributed by atoms with Crippen molar-refractivity contribution in [2.75, 3.05) is 17.9 Å². The molecule has 2 heterocycles. The van der Waals surface area contributed by atoms with Crippen LogP contribution in [0.25, 0.3) is 45.0 Å². The molecule has 0 aliphatic heterocycles. The highest BCUT2D eigenvalue weighted by Crippen LogP contribution is 2.34. The summed E-state index contributed by atoms with van der Waals surface area (Å²) in [5, 5.41) is 0. The summed E-state index contributed by atoms with van der Waals surface area (Å²) in [6, 6.07) is 43.8. The zero-order chi connectivity index (χ0) is 45.1. The number of ether oxygens (including phenoxy) is 1. The summed E-state index contributed by atoms with van der Waals surface area (Å²) in [6.07, 6.45) is -0.431.